The van der Waals surface area contributed by atoms with E-state index in [0.717, 1.165) is 36.5 Å². The van der Waals surface area contributed by atoms with Crippen LogP contribution in [0, 0.1) is 6.92 Å². The minimum Gasteiger partial charge on any atom is -0.497 e. The van der Waals surface area contributed by atoms with Gasteiger partial charge in [0.2, 0.25) is 0 Å². The number of rotatable bonds is 6. The Kier molecular flexibility index (Phi) is 7.45. The van der Waals surface area contributed by atoms with Crippen molar-refractivity contribution in [1.29, 1.82) is 0 Å². The van der Waals surface area contributed by atoms with E-state index >= 15 is 0 Å². The highest BCUT2D eigenvalue weighted by Crippen LogP contribution is 2.35. The van der Waals surface area contributed by atoms with Crippen LogP contribution in [0.2, 0.25) is 0 Å². The van der Waals surface area contributed by atoms with E-state index in [2.05, 4.69) is 21.9 Å². The first kappa shape index (κ1) is 26.2. The highest BCUT2D eigenvalue weighted by atomic mass is 32.2. The molecule has 0 radical (unpaired) electrons. The third-order valence-corrected chi connectivity index (χ3v) is 8.54. The van der Waals surface area contributed by atoms with Crippen molar-refractivity contribution in [2.24, 2.45) is 0 Å². The quantitative estimate of drug-likeness (QED) is 0.332. The number of ether oxygens (including phenoxy) is 1. The van der Waals surface area contributed by atoms with Crippen LogP contribution in [0.1, 0.15) is 31.4 Å². The summed E-state index contributed by atoms with van der Waals surface area (Å²) in [4.78, 5) is 38.6. The lowest BCUT2D eigenvalue weighted by molar-refractivity contribution is -0.123. The zero-order valence-electron chi connectivity index (χ0n) is 22.0. The fourth-order valence-electron chi connectivity index (χ4n) is 4.81. The van der Waals surface area contributed by atoms with Crippen LogP contribution in [0.15, 0.2) is 52.3 Å². The van der Waals surface area contributed by atoms with Gasteiger partial charge in [-0.05, 0) is 62.2 Å². The van der Waals surface area contributed by atoms with Gasteiger partial charge in [-0.1, -0.05) is 37.0 Å². The molecule has 0 spiro atoms. The summed E-state index contributed by atoms with van der Waals surface area (Å²) in [5, 5.41) is 0. The minimum absolute atomic E-state index is 0.00243. The molecule has 2 aromatic heterocycles. The molecule has 0 N–H and O–H groups in total. The molecule has 2 aliphatic rings. The summed E-state index contributed by atoms with van der Waals surface area (Å²) >= 11 is 6.77. The second kappa shape index (κ2) is 10.8. The van der Waals surface area contributed by atoms with Gasteiger partial charge in [0.15, 0.2) is 0 Å². The molecule has 0 unspecified atom stereocenters. The van der Waals surface area contributed by atoms with Crippen molar-refractivity contribution in [3.63, 3.8) is 0 Å². The van der Waals surface area contributed by atoms with Crippen molar-refractivity contribution in [3.05, 3.63) is 69.0 Å². The number of thiocarbonyl (C=S) groups is 1. The number of thioether (sulfide) groups is 1. The topological polar surface area (TPSA) is 70.4 Å². The van der Waals surface area contributed by atoms with Crippen molar-refractivity contribution in [3.8, 4) is 5.75 Å². The summed E-state index contributed by atoms with van der Waals surface area (Å²) in [5.41, 5.74) is 2.88. The number of hydrogen-bond donors (Lipinski definition) is 0. The zero-order valence-corrected chi connectivity index (χ0v) is 23.6. The van der Waals surface area contributed by atoms with Crippen LogP contribution in [0.4, 0.5) is 11.5 Å². The lowest BCUT2D eigenvalue weighted by Crippen LogP contribution is -2.47. The van der Waals surface area contributed by atoms with Crippen LogP contribution < -0.4 is 20.1 Å². The molecular weight excluding hydrogens is 518 g/mol. The number of fused-ring (bicyclic) bond motifs is 1. The molecule has 1 amide bonds. The third kappa shape index (κ3) is 4.78. The van der Waals surface area contributed by atoms with Gasteiger partial charge in [0.1, 0.15) is 21.5 Å². The van der Waals surface area contributed by atoms with Crippen LogP contribution in [-0.2, 0) is 4.79 Å². The van der Waals surface area contributed by atoms with Crippen molar-refractivity contribution < 1.29 is 9.53 Å². The molecule has 0 aliphatic carbocycles. The molecule has 5 rings (SSSR count). The van der Waals surface area contributed by atoms with Gasteiger partial charge in [-0.15, -0.1) is 0 Å². The highest BCUT2D eigenvalue weighted by molar-refractivity contribution is 8.26. The van der Waals surface area contributed by atoms with Crippen LogP contribution in [0.3, 0.4) is 0 Å². The van der Waals surface area contributed by atoms with Crippen molar-refractivity contribution in [2.75, 3.05) is 43.1 Å². The lowest BCUT2D eigenvalue weighted by atomic mass is 10.1. The number of methoxy groups -OCH3 is 1. The second-order valence-corrected chi connectivity index (χ2v) is 11.2. The number of nitrogens with zero attached hydrogens (tertiary/aromatic N) is 5. The summed E-state index contributed by atoms with van der Waals surface area (Å²) in [6.45, 7) is 8.89. The van der Waals surface area contributed by atoms with Crippen molar-refractivity contribution in [2.45, 2.75) is 33.2 Å². The molecule has 38 heavy (non-hydrogen) atoms. The van der Waals surface area contributed by atoms with Crippen LogP contribution in [0.25, 0.3) is 11.7 Å². The maximum absolute atomic E-state index is 13.8. The second-order valence-electron chi connectivity index (χ2n) is 9.52. The first-order chi connectivity index (χ1) is 18.3. The van der Waals surface area contributed by atoms with Crippen molar-refractivity contribution in [1.82, 2.24) is 14.3 Å². The summed E-state index contributed by atoms with van der Waals surface area (Å²) in [6, 6.07) is 11.8. The van der Waals surface area contributed by atoms with E-state index in [1.165, 1.54) is 11.8 Å². The number of carbonyl (C=O) groups excluding carboxylic acids is 1. The van der Waals surface area contributed by atoms with Gasteiger partial charge in [0, 0.05) is 44.1 Å². The Morgan fingerprint density at radius 3 is 2.45 bits per heavy atom. The Morgan fingerprint density at radius 1 is 1.11 bits per heavy atom. The molecule has 8 nitrogen and oxygen atoms in total. The molecule has 10 heteroatoms. The minimum atomic E-state index is -0.194. The Labute approximate surface area is 231 Å². The average Bonchev–Trinajstić information content (AvgIpc) is 3.22. The summed E-state index contributed by atoms with van der Waals surface area (Å²) in [6.07, 6.45) is 4.21. The highest BCUT2D eigenvalue weighted by Gasteiger charge is 2.35. The van der Waals surface area contributed by atoms with Gasteiger partial charge in [-0.2, -0.15) is 0 Å². The Bertz CT molecular complexity index is 1480. The van der Waals surface area contributed by atoms with E-state index in [-0.39, 0.29) is 17.5 Å². The van der Waals surface area contributed by atoms with Gasteiger partial charge in [0.05, 0.1) is 17.6 Å². The van der Waals surface area contributed by atoms with E-state index in [1.807, 2.05) is 45.0 Å². The standard InChI is InChI=1S/C28H31N5O3S2/c1-5-19(3)33-27(35)23(38-28(33)37)17-22-25(29-24-18(2)7-6-12-32(24)26(22)34)31-15-13-30(14-16-31)20-8-10-21(36-4)11-9-20/h6-12,17,19H,5,13-16H2,1-4H3/b23-17+/t19-/m0/s1. The monoisotopic (exact) mass is 549 g/mol. The average molecular weight is 550 g/mol. The number of anilines is 2. The molecule has 1 aromatic carbocycles. The Hall–Kier alpha value is -3.37. The molecule has 2 fully saturated rings. The lowest BCUT2D eigenvalue weighted by Gasteiger charge is -2.37. The first-order valence-electron chi connectivity index (χ1n) is 12.7. The summed E-state index contributed by atoms with van der Waals surface area (Å²) < 4.78 is 7.37. The summed E-state index contributed by atoms with van der Waals surface area (Å²) in [5.74, 6) is 1.28. The molecule has 0 bridgehead atoms. The zero-order chi connectivity index (χ0) is 27.0. The first-order valence-corrected chi connectivity index (χ1v) is 14.0. The maximum atomic E-state index is 13.8. The molecule has 4 heterocycles. The largest absolute Gasteiger partial charge is 0.497 e. The van der Waals surface area contributed by atoms with Gasteiger partial charge >= 0.3 is 0 Å². The molecule has 1 atom stereocenters. The number of hydrogen-bond acceptors (Lipinski definition) is 8. The molecule has 0 saturated carbocycles. The van der Waals surface area contributed by atoms with Crippen LogP contribution >= 0.6 is 24.0 Å². The maximum Gasteiger partial charge on any atom is 0.267 e. The van der Waals surface area contributed by atoms with E-state index < -0.39 is 0 Å². The fourth-order valence-corrected chi connectivity index (χ4v) is 6.25. The predicted octanol–water partition coefficient (Wildman–Crippen LogP) is 4.34. The fraction of sp³-hybridized carbons (Fsp3) is 0.357. The van der Waals surface area contributed by atoms with Crippen LogP contribution in [-0.4, -0.2) is 63.8 Å². The van der Waals surface area contributed by atoms with Gasteiger partial charge in [-0.3, -0.25) is 18.9 Å². The van der Waals surface area contributed by atoms with E-state index in [1.54, 1.807) is 28.7 Å². The normalized spacial score (nSPS) is 18.1. The van der Waals surface area contributed by atoms with E-state index in [4.69, 9.17) is 21.9 Å². The number of benzene rings is 1. The predicted molar refractivity (Wildman–Crippen MR) is 158 cm³/mol. The summed E-state index contributed by atoms with van der Waals surface area (Å²) in [7, 11) is 1.66. The Balaban J connectivity index is 1.52. The molecule has 2 saturated heterocycles. The number of pyridine rings is 1. The van der Waals surface area contributed by atoms with Crippen molar-refractivity contribution >= 4 is 57.4 Å². The smallest absolute Gasteiger partial charge is 0.267 e. The molecular formula is C28H31N5O3S2. The van der Waals surface area contributed by atoms with Gasteiger partial charge < -0.3 is 14.5 Å². The molecule has 2 aliphatic heterocycles. The molecule has 198 valence electrons. The van der Waals surface area contributed by atoms with Crippen LogP contribution in [0.5, 0.6) is 5.75 Å². The number of carbonyl (C=O) groups is 1. The number of aromatic nitrogens is 2. The Morgan fingerprint density at radius 2 is 1.79 bits per heavy atom. The van der Waals surface area contributed by atoms with E-state index in [0.29, 0.717) is 39.3 Å². The van der Waals surface area contributed by atoms with Gasteiger partial charge in [-0.25, -0.2) is 4.98 Å². The van der Waals surface area contributed by atoms with Gasteiger partial charge in [0.25, 0.3) is 11.5 Å². The molecule has 3 aromatic rings. The third-order valence-electron chi connectivity index (χ3n) is 7.21. The van der Waals surface area contributed by atoms with E-state index in [9.17, 15) is 9.59 Å². The number of amides is 1. The number of aryl methyl sites for hydroxylation is 1. The SMILES string of the molecule is CC[C@H](C)N1C(=O)/C(=C\c2c(N3CCN(c4ccc(OC)cc4)CC3)nc3c(C)cccn3c2=O)SC1=S. The number of piperazine rings is 1.